The molecule has 2 rings (SSSR count). The van der Waals surface area contributed by atoms with Crippen molar-refractivity contribution in [2.75, 3.05) is 6.61 Å². The number of furan rings is 1. The predicted octanol–water partition coefficient (Wildman–Crippen LogP) is 4.00. The molecule has 0 aliphatic rings. The Labute approximate surface area is 118 Å². The van der Waals surface area contributed by atoms with Crippen LogP contribution in [0.2, 0.25) is 0 Å². The van der Waals surface area contributed by atoms with Crippen molar-refractivity contribution >= 4 is 12.0 Å². The van der Waals surface area contributed by atoms with Gasteiger partial charge in [0.25, 0.3) is 0 Å². The number of rotatable bonds is 5. The summed E-state index contributed by atoms with van der Waals surface area (Å²) >= 11 is 0. The van der Waals surface area contributed by atoms with Gasteiger partial charge in [-0.3, -0.25) is 0 Å². The topological polar surface area (TPSA) is 39.4 Å². The van der Waals surface area contributed by atoms with Crippen LogP contribution in [-0.4, -0.2) is 12.6 Å². The van der Waals surface area contributed by atoms with E-state index in [-0.39, 0.29) is 5.97 Å². The Kier molecular flexibility index (Phi) is 4.41. The molecule has 0 bridgehead atoms. The van der Waals surface area contributed by atoms with E-state index in [0.717, 1.165) is 11.1 Å². The zero-order chi connectivity index (χ0) is 14.5. The molecule has 0 saturated heterocycles. The molecule has 0 radical (unpaired) electrons. The first-order valence-electron chi connectivity index (χ1n) is 6.61. The van der Waals surface area contributed by atoms with Crippen LogP contribution in [0.5, 0.6) is 0 Å². The van der Waals surface area contributed by atoms with Gasteiger partial charge in [-0.15, -0.1) is 0 Å². The molecule has 0 saturated carbocycles. The molecule has 1 aromatic carbocycles. The van der Waals surface area contributed by atoms with Gasteiger partial charge < -0.3 is 9.15 Å². The van der Waals surface area contributed by atoms with Gasteiger partial charge in [0.2, 0.25) is 0 Å². The van der Waals surface area contributed by atoms with E-state index in [1.165, 1.54) is 11.8 Å². The van der Waals surface area contributed by atoms with Crippen molar-refractivity contribution in [3.63, 3.8) is 0 Å². The van der Waals surface area contributed by atoms with E-state index in [4.69, 9.17) is 9.15 Å². The lowest BCUT2D eigenvalue weighted by molar-refractivity contribution is 0.0524. The highest BCUT2D eigenvalue weighted by Gasteiger charge is 2.19. The third-order valence-corrected chi connectivity index (χ3v) is 3.24. The molecule has 0 atom stereocenters. The van der Waals surface area contributed by atoms with Crippen molar-refractivity contribution in [1.29, 1.82) is 0 Å². The van der Waals surface area contributed by atoms with Crippen LogP contribution in [-0.2, 0) is 11.2 Å². The summed E-state index contributed by atoms with van der Waals surface area (Å²) in [7, 11) is 0. The maximum absolute atomic E-state index is 12.0. The van der Waals surface area contributed by atoms with Crippen LogP contribution in [0.1, 0.15) is 39.7 Å². The number of aryl methyl sites for hydroxylation is 1. The van der Waals surface area contributed by atoms with Gasteiger partial charge in [-0.1, -0.05) is 30.8 Å². The van der Waals surface area contributed by atoms with Gasteiger partial charge in [0.05, 0.1) is 6.61 Å². The summed E-state index contributed by atoms with van der Waals surface area (Å²) in [5.41, 5.74) is 3.64. The summed E-state index contributed by atoms with van der Waals surface area (Å²) in [6.07, 6.45) is 3.69. The second-order valence-electron chi connectivity index (χ2n) is 4.52. The van der Waals surface area contributed by atoms with Crippen LogP contribution in [0.15, 0.2) is 41.5 Å². The Hall–Kier alpha value is -2.29. The molecule has 0 aliphatic heterocycles. The molecule has 0 amide bonds. The Morgan fingerprint density at radius 3 is 2.80 bits per heavy atom. The Bertz CT molecular complexity index is 623. The van der Waals surface area contributed by atoms with Crippen LogP contribution >= 0.6 is 0 Å². The average Bonchev–Trinajstić information content (AvgIpc) is 2.84. The number of hydrogen-bond donors (Lipinski definition) is 0. The fourth-order valence-electron chi connectivity index (χ4n) is 2.13. The Morgan fingerprint density at radius 2 is 2.15 bits per heavy atom. The van der Waals surface area contributed by atoms with Crippen LogP contribution < -0.4 is 0 Å². The molecule has 0 N–H and O–H groups in total. The molecule has 104 valence electrons. The average molecular weight is 270 g/mol. The number of esters is 1. The van der Waals surface area contributed by atoms with Gasteiger partial charge >= 0.3 is 5.97 Å². The quantitative estimate of drug-likeness (QED) is 0.771. The zero-order valence-corrected chi connectivity index (χ0v) is 11.8. The van der Waals surface area contributed by atoms with Crippen molar-refractivity contribution in [3.05, 3.63) is 65.1 Å². The molecular formula is C17H18O3. The zero-order valence-electron chi connectivity index (χ0n) is 11.8. The molecule has 0 aliphatic carbocycles. The highest BCUT2D eigenvalue weighted by atomic mass is 16.5. The molecular weight excluding hydrogens is 252 g/mol. The molecule has 0 fully saturated rings. The van der Waals surface area contributed by atoms with Crippen LogP contribution in [0.25, 0.3) is 6.08 Å². The molecule has 3 nitrogen and oxygen atoms in total. The van der Waals surface area contributed by atoms with Crippen molar-refractivity contribution in [2.45, 2.75) is 20.3 Å². The summed E-state index contributed by atoms with van der Waals surface area (Å²) < 4.78 is 10.5. The summed E-state index contributed by atoms with van der Waals surface area (Å²) in [4.78, 5) is 12.0. The first-order valence-corrected chi connectivity index (χ1v) is 6.61. The predicted molar refractivity (Wildman–Crippen MR) is 78.7 cm³/mol. The largest absolute Gasteiger partial charge is 0.464 e. The molecule has 0 spiro atoms. The summed E-state index contributed by atoms with van der Waals surface area (Å²) in [5.74, 6) is 0.268. The fourth-order valence-corrected chi connectivity index (χ4v) is 2.13. The first kappa shape index (κ1) is 14.1. The van der Waals surface area contributed by atoms with Crippen LogP contribution in [0.3, 0.4) is 0 Å². The number of carbonyl (C=O) groups is 1. The number of carbonyl (C=O) groups excluding carboxylic acids is 1. The van der Waals surface area contributed by atoms with Gasteiger partial charge in [0.15, 0.2) is 0 Å². The van der Waals surface area contributed by atoms with Gasteiger partial charge in [0.1, 0.15) is 17.6 Å². The number of ether oxygens (including phenoxy) is 1. The second-order valence-corrected chi connectivity index (χ2v) is 4.52. The number of benzene rings is 1. The van der Waals surface area contributed by atoms with Crippen molar-refractivity contribution in [1.82, 2.24) is 0 Å². The molecule has 1 aromatic heterocycles. The molecule has 2 aromatic rings. The Balaban J connectivity index is 2.39. The lowest BCUT2D eigenvalue weighted by atomic mass is 9.98. The van der Waals surface area contributed by atoms with Gasteiger partial charge in [-0.25, -0.2) is 4.79 Å². The molecule has 20 heavy (non-hydrogen) atoms. The summed E-state index contributed by atoms with van der Waals surface area (Å²) in [5, 5.41) is 0. The van der Waals surface area contributed by atoms with Crippen LogP contribution in [0, 0.1) is 6.92 Å². The van der Waals surface area contributed by atoms with E-state index < -0.39 is 0 Å². The monoisotopic (exact) mass is 270 g/mol. The lowest BCUT2D eigenvalue weighted by Crippen LogP contribution is -2.07. The standard InChI is InChI=1S/C17H18O3/c1-4-16-14(10-13-9-7-6-8-12(13)3)15(11-20-16)17(18)19-5-2/h4,6-9,11H,1,5,10H2,2-3H3. The van der Waals surface area contributed by atoms with Gasteiger partial charge in [-0.2, -0.15) is 0 Å². The maximum atomic E-state index is 12.0. The molecule has 3 heteroatoms. The van der Waals surface area contributed by atoms with E-state index in [2.05, 4.69) is 6.58 Å². The van der Waals surface area contributed by atoms with E-state index in [1.807, 2.05) is 31.2 Å². The highest BCUT2D eigenvalue weighted by molar-refractivity contribution is 5.91. The first-order chi connectivity index (χ1) is 9.67. The summed E-state index contributed by atoms with van der Waals surface area (Å²) in [6.45, 7) is 7.91. The van der Waals surface area contributed by atoms with E-state index in [0.29, 0.717) is 24.4 Å². The minimum atomic E-state index is -0.354. The van der Waals surface area contributed by atoms with Crippen molar-refractivity contribution in [2.24, 2.45) is 0 Å². The van der Waals surface area contributed by atoms with E-state index >= 15 is 0 Å². The fraction of sp³-hybridized carbons (Fsp3) is 0.235. The highest BCUT2D eigenvalue weighted by Crippen LogP contribution is 2.24. The number of hydrogen-bond acceptors (Lipinski definition) is 3. The normalized spacial score (nSPS) is 10.3. The minimum Gasteiger partial charge on any atom is -0.464 e. The molecule has 1 heterocycles. The maximum Gasteiger partial charge on any atom is 0.341 e. The van der Waals surface area contributed by atoms with Crippen LogP contribution in [0.4, 0.5) is 0 Å². The lowest BCUT2D eigenvalue weighted by Gasteiger charge is -2.07. The smallest absolute Gasteiger partial charge is 0.341 e. The Morgan fingerprint density at radius 1 is 1.40 bits per heavy atom. The van der Waals surface area contributed by atoms with Gasteiger partial charge in [-0.05, 0) is 31.1 Å². The molecule has 0 unspecified atom stereocenters. The SMILES string of the molecule is C=Cc1occ(C(=O)OCC)c1Cc1ccccc1C. The van der Waals surface area contributed by atoms with E-state index in [1.54, 1.807) is 13.0 Å². The second kappa shape index (κ2) is 6.24. The van der Waals surface area contributed by atoms with Gasteiger partial charge in [0, 0.05) is 12.0 Å². The van der Waals surface area contributed by atoms with E-state index in [9.17, 15) is 4.79 Å². The summed E-state index contributed by atoms with van der Waals surface area (Å²) in [6, 6.07) is 8.08. The third kappa shape index (κ3) is 2.82. The third-order valence-electron chi connectivity index (χ3n) is 3.24. The minimum absolute atomic E-state index is 0.344. The van der Waals surface area contributed by atoms with Crippen molar-refractivity contribution in [3.8, 4) is 0 Å². The van der Waals surface area contributed by atoms with Crippen molar-refractivity contribution < 1.29 is 13.9 Å².